The van der Waals surface area contributed by atoms with Crippen LogP contribution >= 0.6 is 0 Å². The van der Waals surface area contributed by atoms with Gasteiger partial charge in [0.15, 0.2) is 5.78 Å². The molecule has 1 aliphatic heterocycles. The molecule has 0 saturated carbocycles. The summed E-state index contributed by atoms with van der Waals surface area (Å²) in [5.74, 6) is -1.42. The highest BCUT2D eigenvalue weighted by molar-refractivity contribution is 7.89. The molecule has 0 amide bonds. The van der Waals surface area contributed by atoms with Crippen molar-refractivity contribution in [3.05, 3.63) is 77.7 Å². The van der Waals surface area contributed by atoms with Crippen molar-refractivity contribution in [2.24, 2.45) is 0 Å². The number of aromatic nitrogens is 1. The molecular weight excluding hydrogens is 528 g/mol. The van der Waals surface area contributed by atoms with Gasteiger partial charge in [0, 0.05) is 36.2 Å². The van der Waals surface area contributed by atoms with E-state index >= 15 is 0 Å². The number of sulfonamides is 1. The number of hydrogen-bond acceptors (Lipinski definition) is 6. The molecular formula is C26H20F4N2O5S. The molecule has 0 unspecified atom stereocenters. The van der Waals surface area contributed by atoms with Crippen molar-refractivity contribution in [2.45, 2.75) is 36.6 Å². The molecule has 1 N–H and O–H groups in total. The molecule has 4 aromatic rings. The van der Waals surface area contributed by atoms with E-state index < -0.39 is 39.4 Å². The Kier molecular flexibility index (Phi) is 6.48. The molecule has 1 saturated heterocycles. The van der Waals surface area contributed by atoms with Crippen LogP contribution < -0.4 is 0 Å². The molecule has 2 aromatic carbocycles. The third-order valence-electron chi connectivity index (χ3n) is 6.45. The molecule has 38 heavy (non-hydrogen) atoms. The lowest BCUT2D eigenvalue weighted by atomic mass is 9.96. The van der Waals surface area contributed by atoms with Crippen LogP contribution in [0.5, 0.6) is 5.75 Å². The maximum atomic E-state index is 13.5. The number of ketones is 1. The van der Waals surface area contributed by atoms with Gasteiger partial charge >= 0.3 is 6.18 Å². The number of hydrogen-bond donors (Lipinski definition) is 1. The van der Waals surface area contributed by atoms with E-state index in [2.05, 4.69) is 4.98 Å². The second-order valence-corrected chi connectivity index (χ2v) is 10.7. The molecule has 5 rings (SSSR count). The van der Waals surface area contributed by atoms with Crippen LogP contribution in [0.1, 0.15) is 24.0 Å². The Hall–Kier alpha value is -3.77. The summed E-state index contributed by atoms with van der Waals surface area (Å²) < 4.78 is 84.7. The van der Waals surface area contributed by atoms with Gasteiger partial charge < -0.3 is 9.52 Å². The van der Waals surface area contributed by atoms with Gasteiger partial charge in [0.25, 0.3) is 10.0 Å². The first-order valence-electron chi connectivity index (χ1n) is 11.5. The van der Waals surface area contributed by atoms with Crippen LogP contribution in [0.15, 0.2) is 70.3 Å². The van der Waals surface area contributed by atoms with Crippen LogP contribution in [0.4, 0.5) is 17.6 Å². The second-order valence-electron chi connectivity index (χ2n) is 8.91. The van der Waals surface area contributed by atoms with E-state index in [0.29, 0.717) is 23.4 Å². The molecule has 12 heteroatoms. The van der Waals surface area contributed by atoms with Crippen molar-refractivity contribution < 1.29 is 40.3 Å². The monoisotopic (exact) mass is 548 g/mol. The Bertz CT molecular complexity index is 1650. The van der Waals surface area contributed by atoms with Crippen LogP contribution in [0, 0.1) is 5.82 Å². The molecule has 0 bridgehead atoms. The number of aromatic hydroxyl groups is 1. The first kappa shape index (κ1) is 25.9. The summed E-state index contributed by atoms with van der Waals surface area (Å²) in [5, 5.41) is 10.0. The average Bonchev–Trinajstić information content (AvgIpc) is 3.25. The minimum Gasteiger partial charge on any atom is -0.507 e. The quantitative estimate of drug-likeness (QED) is 0.314. The average molecular weight is 549 g/mol. The molecule has 0 spiro atoms. The molecule has 1 aliphatic rings. The lowest BCUT2D eigenvalue weighted by Gasteiger charge is -2.37. The van der Waals surface area contributed by atoms with E-state index in [4.69, 9.17) is 4.42 Å². The number of fused-ring (bicyclic) bond motifs is 1. The van der Waals surface area contributed by atoms with Gasteiger partial charge in [-0.25, -0.2) is 12.8 Å². The van der Waals surface area contributed by atoms with Gasteiger partial charge in [-0.05, 0) is 66.9 Å². The van der Waals surface area contributed by atoms with Crippen molar-refractivity contribution in [1.29, 1.82) is 0 Å². The minimum absolute atomic E-state index is 0.00444. The fourth-order valence-electron chi connectivity index (χ4n) is 4.34. The van der Waals surface area contributed by atoms with E-state index in [1.54, 1.807) is 12.1 Å². The Labute approximate surface area is 214 Å². The fraction of sp³-hybridized carbons (Fsp3) is 0.231. The number of rotatable bonds is 7. The number of benzene rings is 2. The summed E-state index contributed by atoms with van der Waals surface area (Å²) in [7, 11) is -4.11. The molecule has 1 atom stereocenters. The summed E-state index contributed by atoms with van der Waals surface area (Å²) in [6.45, 7) is 0.136. The van der Waals surface area contributed by atoms with E-state index in [1.165, 1.54) is 18.3 Å². The largest absolute Gasteiger partial charge is 0.507 e. The highest BCUT2D eigenvalue weighted by atomic mass is 32.2. The van der Waals surface area contributed by atoms with Crippen LogP contribution in [0.2, 0.25) is 0 Å². The lowest BCUT2D eigenvalue weighted by Crippen LogP contribution is -2.54. The zero-order chi connectivity index (χ0) is 27.2. The zero-order valence-electron chi connectivity index (χ0n) is 19.6. The SMILES string of the molecule is O=C(CCc1ccnc(-c2ccc(C(F)(F)F)cc2O)c1)[C@@H]1CCN1S(=O)(=O)c1cc2cc(F)ccc2o1. The number of aryl methyl sites for hydroxylation is 1. The van der Waals surface area contributed by atoms with Gasteiger partial charge in [-0.3, -0.25) is 9.78 Å². The van der Waals surface area contributed by atoms with Crippen LogP contribution in [0.3, 0.4) is 0 Å². The highest BCUT2D eigenvalue weighted by Crippen LogP contribution is 2.36. The summed E-state index contributed by atoms with van der Waals surface area (Å²) >= 11 is 0. The van der Waals surface area contributed by atoms with Crippen LogP contribution in [-0.2, 0) is 27.4 Å². The van der Waals surface area contributed by atoms with Gasteiger partial charge in [0.05, 0.1) is 17.3 Å². The molecule has 0 aliphatic carbocycles. The van der Waals surface area contributed by atoms with Gasteiger partial charge in [-0.1, -0.05) is 0 Å². The molecule has 7 nitrogen and oxygen atoms in total. The standard InChI is InChI=1S/C26H20F4N2O5S/c27-18-3-6-24-16(12-18)13-25(37-24)38(35,36)32-10-8-21(32)22(33)5-1-15-7-9-31-20(11-15)19-4-2-17(14-23(19)34)26(28,29)30/h2-4,6-7,9,11-14,21,34H,1,5,8,10H2/t21-/m0/s1. The summed E-state index contributed by atoms with van der Waals surface area (Å²) in [4.78, 5) is 17.0. The molecule has 1 fully saturated rings. The van der Waals surface area contributed by atoms with Crippen molar-refractivity contribution in [2.75, 3.05) is 6.54 Å². The first-order valence-corrected chi connectivity index (χ1v) is 13.0. The third-order valence-corrected chi connectivity index (χ3v) is 8.21. The van der Waals surface area contributed by atoms with Gasteiger partial charge in [-0.15, -0.1) is 0 Å². The molecule has 0 radical (unpaired) electrons. The zero-order valence-corrected chi connectivity index (χ0v) is 20.4. The van der Waals surface area contributed by atoms with Crippen molar-refractivity contribution in [1.82, 2.24) is 9.29 Å². The summed E-state index contributed by atoms with van der Waals surface area (Å²) in [5.41, 5.74) is 0.190. The van der Waals surface area contributed by atoms with Crippen LogP contribution in [-0.4, -0.2) is 41.2 Å². The summed E-state index contributed by atoms with van der Waals surface area (Å²) in [6, 6.07) is 9.77. The number of Topliss-reactive ketones (excluding diaryl/α,β-unsaturated/α-hetero) is 1. The van der Waals surface area contributed by atoms with E-state index in [-0.39, 0.29) is 47.1 Å². The predicted molar refractivity (Wildman–Crippen MR) is 128 cm³/mol. The predicted octanol–water partition coefficient (Wildman–Crippen LogP) is 5.32. The Morgan fingerprint density at radius 1 is 1.11 bits per heavy atom. The smallest absolute Gasteiger partial charge is 0.416 e. The van der Waals surface area contributed by atoms with Crippen molar-refractivity contribution in [3.8, 4) is 17.0 Å². The Morgan fingerprint density at radius 2 is 1.89 bits per heavy atom. The topological polar surface area (TPSA) is 101 Å². The number of nitrogens with zero attached hydrogens (tertiary/aromatic N) is 2. The number of carbonyl (C=O) groups is 1. The summed E-state index contributed by atoms with van der Waals surface area (Å²) in [6.07, 6.45) is -2.61. The van der Waals surface area contributed by atoms with Crippen LogP contribution in [0.25, 0.3) is 22.2 Å². The molecule has 198 valence electrons. The number of alkyl halides is 3. The van der Waals surface area contributed by atoms with Crippen molar-refractivity contribution >= 4 is 26.8 Å². The minimum atomic E-state index is -4.60. The highest BCUT2D eigenvalue weighted by Gasteiger charge is 2.43. The molecule has 2 aromatic heterocycles. The number of phenolic OH excluding ortho intramolecular Hbond substituents is 1. The second kappa shape index (κ2) is 9.52. The van der Waals surface area contributed by atoms with E-state index in [0.717, 1.165) is 28.6 Å². The molecule has 3 heterocycles. The fourth-order valence-corrected chi connectivity index (χ4v) is 5.95. The maximum Gasteiger partial charge on any atom is 0.416 e. The number of carbonyl (C=O) groups excluding carboxylic acids is 1. The normalized spacial score (nSPS) is 16.5. The number of phenols is 1. The number of pyridine rings is 1. The van der Waals surface area contributed by atoms with Gasteiger partial charge in [0.2, 0.25) is 5.09 Å². The Morgan fingerprint density at radius 3 is 2.58 bits per heavy atom. The van der Waals surface area contributed by atoms with Gasteiger partial charge in [-0.2, -0.15) is 17.5 Å². The lowest BCUT2D eigenvalue weighted by molar-refractivity contribution is -0.137. The number of furan rings is 1. The van der Waals surface area contributed by atoms with E-state index in [1.807, 2.05) is 0 Å². The third kappa shape index (κ3) is 4.88. The number of halogens is 4. The van der Waals surface area contributed by atoms with E-state index in [9.17, 15) is 35.9 Å². The first-order chi connectivity index (χ1) is 17.9. The Balaban J connectivity index is 1.27. The van der Waals surface area contributed by atoms with Gasteiger partial charge in [0.1, 0.15) is 17.1 Å². The van der Waals surface area contributed by atoms with Crippen molar-refractivity contribution in [3.63, 3.8) is 0 Å². The maximum absolute atomic E-state index is 13.5.